The third-order valence-corrected chi connectivity index (χ3v) is 3.98. The molecular weight excluding hydrogens is 381 g/mol. The van der Waals surface area contributed by atoms with Crippen LogP contribution in [0.15, 0.2) is 22.7 Å². The van der Waals surface area contributed by atoms with Crippen molar-refractivity contribution in [3.8, 4) is 0 Å². The van der Waals surface area contributed by atoms with Crippen molar-refractivity contribution >= 4 is 33.6 Å². The van der Waals surface area contributed by atoms with E-state index in [2.05, 4.69) is 21.2 Å². The minimum atomic E-state index is -0.401. The normalized spacial score (nSPS) is 10.5. The van der Waals surface area contributed by atoms with Crippen LogP contribution in [0.1, 0.15) is 39.5 Å². The average Bonchev–Trinajstić information content (AvgIpc) is 2.53. The van der Waals surface area contributed by atoms with Crippen LogP contribution in [0.2, 0.25) is 0 Å². The number of hydrogen-bond acceptors (Lipinski definition) is 5. The minimum Gasteiger partial charge on any atom is -0.466 e. The van der Waals surface area contributed by atoms with E-state index in [0.717, 1.165) is 0 Å². The molecule has 1 aromatic rings. The van der Waals surface area contributed by atoms with Gasteiger partial charge in [0, 0.05) is 23.4 Å². The first-order valence-corrected chi connectivity index (χ1v) is 8.79. The van der Waals surface area contributed by atoms with Crippen molar-refractivity contribution in [2.45, 2.75) is 45.6 Å². The van der Waals surface area contributed by atoms with Crippen molar-refractivity contribution in [3.05, 3.63) is 28.5 Å². The van der Waals surface area contributed by atoms with Gasteiger partial charge in [-0.25, -0.2) is 4.39 Å². The number of benzene rings is 1. The molecule has 0 aliphatic carbocycles. The third-order valence-electron chi connectivity index (χ3n) is 3.32. The lowest BCUT2D eigenvalue weighted by Gasteiger charge is -2.20. The predicted octanol–water partition coefficient (Wildman–Crippen LogP) is 4.06. The Kier molecular flexibility index (Phi) is 9.37. The second kappa shape index (κ2) is 11.0. The Morgan fingerprint density at radius 1 is 1.12 bits per heavy atom. The van der Waals surface area contributed by atoms with Crippen LogP contribution >= 0.6 is 15.9 Å². The topological polar surface area (TPSA) is 64.6 Å². The van der Waals surface area contributed by atoms with E-state index in [1.54, 1.807) is 26.0 Å². The van der Waals surface area contributed by atoms with E-state index >= 15 is 0 Å². The van der Waals surface area contributed by atoms with Crippen LogP contribution in [0.5, 0.6) is 0 Å². The van der Waals surface area contributed by atoms with E-state index < -0.39 is 5.82 Å². The Morgan fingerprint density at radius 2 is 1.67 bits per heavy atom. The molecule has 0 heterocycles. The summed E-state index contributed by atoms with van der Waals surface area (Å²) in [6.45, 7) is 4.12. The number of carbonyl (C=O) groups is 2. The summed E-state index contributed by atoms with van der Waals surface area (Å²) >= 11 is 3.30. The molecule has 0 atom stereocenters. The monoisotopic (exact) mass is 403 g/mol. The lowest BCUT2D eigenvalue weighted by molar-refractivity contribution is -0.143. The maximum atomic E-state index is 14.0. The zero-order valence-electron chi connectivity index (χ0n) is 13.9. The molecule has 0 aliphatic rings. The zero-order valence-corrected chi connectivity index (χ0v) is 15.5. The highest BCUT2D eigenvalue weighted by molar-refractivity contribution is 9.10. The highest BCUT2D eigenvalue weighted by Crippen LogP contribution is 2.27. The largest absolute Gasteiger partial charge is 0.466 e. The number of nitrogens with one attached hydrogen (secondary N) is 1. The molecule has 0 unspecified atom stereocenters. The molecule has 0 amide bonds. The number of ether oxygens (including phenoxy) is 2. The standard InChI is InChI=1S/C17H23BrFNO4/c1-3-23-15(21)10-8-12(9-11-16(22)24-4-2)20-17-13(18)6-5-7-14(17)19/h5-7,12,20H,3-4,8-11H2,1-2H3. The van der Waals surface area contributed by atoms with Crippen molar-refractivity contribution in [2.24, 2.45) is 0 Å². The second-order valence-electron chi connectivity index (χ2n) is 5.13. The van der Waals surface area contributed by atoms with E-state index in [4.69, 9.17) is 9.47 Å². The molecule has 0 fully saturated rings. The van der Waals surface area contributed by atoms with Crippen LogP contribution in [0.4, 0.5) is 10.1 Å². The van der Waals surface area contributed by atoms with Gasteiger partial charge in [-0.15, -0.1) is 0 Å². The minimum absolute atomic E-state index is 0.195. The smallest absolute Gasteiger partial charge is 0.305 e. The Morgan fingerprint density at radius 3 is 2.12 bits per heavy atom. The average molecular weight is 404 g/mol. The van der Waals surface area contributed by atoms with Gasteiger partial charge in [0.25, 0.3) is 0 Å². The zero-order chi connectivity index (χ0) is 17.9. The summed E-state index contributed by atoms with van der Waals surface area (Å²) in [5, 5.41) is 3.07. The lowest BCUT2D eigenvalue weighted by atomic mass is 10.0. The maximum Gasteiger partial charge on any atom is 0.305 e. The highest BCUT2D eigenvalue weighted by atomic mass is 79.9. The van der Waals surface area contributed by atoms with Crippen molar-refractivity contribution in [3.63, 3.8) is 0 Å². The first-order valence-electron chi connectivity index (χ1n) is 7.99. The Bertz CT molecular complexity index is 511. The number of esters is 2. The number of anilines is 1. The summed E-state index contributed by atoms with van der Waals surface area (Å²) in [6, 6.07) is 4.41. The van der Waals surface area contributed by atoms with Crippen LogP contribution in [0, 0.1) is 5.82 Å². The van der Waals surface area contributed by atoms with Crippen LogP contribution < -0.4 is 5.32 Å². The SMILES string of the molecule is CCOC(=O)CCC(CCC(=O)OCC)Nc1c(F)cccc1Br. The molecule has 24 heavy (non-hydrogen) atoms. The van der Waals surface area contributed by atoms with Gasteiger partial charge in [-0.1, -0.05) is 6.07 Å². The van der Waals surface area contributed by atoms with Crippen molar-refractivity contribution in [2.75, 3.05) is 18.5 Å². The molecule has 1 aromatic carbocycles. The fourth-order valence-electron chi connectivity index (χ4n) is 2.18. The van der Waals surface area contributed by atoms with E-state index in [1.807, 2.05) is 0 Å². The van der Waals surface area contributed by atoms with Crippen molar-refractivity contribution in [1.82, 2.24) is 0 Å². The maximum absolute atomic E-state index is 14.0. The molecule has 0 radical (unpaired) electrons. The highest BCUT2D eigenvalue weighted by Gasteiger charge is 2.17. The van der Waals surface area contributed by atoms with Gasteiger partial charge in [-0.2, -0.15) is 0 Å². The molecule has 1 N–H and O–H groups in total. The Hall–Kier alpha value is -1.63. The van der Waals surface area contributed by atoms with Crippen LogP contribution in [0.25, 0.3) is 0 Å². The van der Waals surface area contributed by atoms with Gasteiger partial charge in [-0.3, -0.25) is 9.59 Å². The first kappa shape index (κ1) is 20.4. The fraction of sp³-hybridized carbons (Fsp3) is 0.529. The first-order chi connectivity index (χ1) is 11.5. The van der Waals surface area contributed by atoms with Gasteiger partial charge in [0.1, 0.15) is 5.82 Å². The predicted molar refractivity (Wildman–Crippen MR) is 93.2 cm³/mol. The number of rotatable bonds is 10. The van der Waals surface area contributed by atoms with E-state index in [-0.39, 0.29) is 30.8 Å². The molecule has 0 bridgehead atoms. The lowest BCUT2D eigenvalue weighted by Crippen LogP contribution is -2.23. The summed E-state index contributed by atoms with van der Waals surface area (Å²) in [4.78, 5) is 23.1. The number of halogens is 2. The fourth-order valence-corrected chi connectivity index (χ4v) is 2.64. The number of carbonyl (C=O) groups excluding carboxylic acids is 2. The van der Waals surface area contributed by atoms with Gasteiger partial charge < -0.3 is 14.8 Å². The van der Waals surface area contributed by atoms with Gasteiger partial charge in [0.15, 0.2) is 0 Å². The molecule has 0 spiro atoms. The molecule has 7 heteroatoms. The second-order valence-corrected chi connectivity index (χ2v) is 5.98. The van der Waals surface area contributed by atoms with Crippen molar-refractivity contribution in [1.29, 1.82) is 0 Å². The molecule has 0 aromatic heterocycles. The van der Waals surface area contributed by atoms with Gasteiger partial charge >= 0.3 is 11.9 Å². The van der Waals surface area contributed by atoms with Crippen LogP contribution in [-0.2, 0) is 19.1 Å². The number of hydrogen-bond donors (Lipinski definition) is 1. The van der Waals surface area contributed by atoms with Crippen LogP contribution in [0.3, 0.4) is 0 Å². The number of para-hydroxylation sites is 1. The summed E-state index contributed by atoms with van der Waals surface area (Å²) in [5.41, 5.74) is 0.315. The summed E-state index contributed by atoms with van der Waals surface area (Å²) in [5.74, 6) is -1.03. The van der Waals surface area contributed by atoms with Gasteiger partial charge in [0.05, 0.1) is 18.9 Å². The van der Waals surface area contributed by atoms with Crippen LogP contribution in [-0.4, -0.2) is 31.2 Å². The Labute approximate surface area is 150 Å². The molecule has 0 saturated heterocycles. The van der Waals surface area contributed by atoms with E-state index in [1.165, 1.54) is 6.07 Å². The third kappa shape index (κ3) is 7.29. The van der Waals surface area contributed by atoms with Gasteiger partial charge in [0.2, 0.25) is 0 Å². The molecular formula is C17H23BrFNO4. The summed E-state index contributed by atoms with van der Waals surface area (Å²) in [6.07, 6.45) is 1.25. The quantitative estimate of drug-likeness (QED) is 0.596. The summed E-state index contributed by atoms with van der Waals surface area (Å²) in [7, 11) is 0. The van der Waals surface area contributed by atoms with Gasteiger partial charge in [-0.05, 0) is 54.8 Å². The molecule has 134 valence electrons. The summed E-state index contributed by atoms with van der Waals surface area (Å²) < 4.78 is 24.4. The van der Waals surface area contributed by atoms with E-state index in [9.17, 15) is 14.0 Å². The molecule has 0 saturated carbocycles. The van der Waals surface area contributed by atoms with Crippen molar-refractivity contribution < 1.29 is 23.5 Å². The Balaban J connectivity index is 2.72. The molecule has 1 rings (SSSR count). The molecule has 0 aliphatic heterocycles. The van der Waals surface area contributed by atoms with E-state index in [0.29, 0.717) is 36.2 Å². The molecule has 5 nitrogen and oxygen atoms in total.